The van der Waals surface area contributed by atoms with Crippen LogP contribution in [0.15, 0.2) is 22.6 Å². The van der Waals surface area contributed by atoms with Crippen LogP contribution in [0.4, 0.5) is 11.7 Å². The molecule has 1 heterocycles. The SMILES string of the molecule is ClCc1nnc(Nc2cc(Cl)ccc2Cl)o1. The highest BCUT2D eigenvalue weighted by molar-refractivity contribution is 6.35. The minimum atomic E-state index is 0.165. The summed E-state index contributed by atoms with van der Waals surface area (Å²) >= 11 is 17.3. The van der Waals surface area contributed by atoms with Gasteiger partial charge in [-0.25, -0.2) is 0 Å². The number of hydrogen-bond donors (Lipinski definition) is 1. The van der Waals surface area contributed by atoms with Crippen molar-refractivity contribution in [3.05, 3.63) is 34.1 Å². The molecule has 4 nitrogen and oxygen atoms in total. The van der Waals surface area contributed by atoms with E-state index in [9.17, 15) is 0 Å². The molecule has 0 bridgehead atoms. The van der Waals surface area contributed by atoms with Crippen LogP contribution in [0.5, 0.6) is 0 Å². The summed E-state index contributed by atoms with van der Waals surface area (Å²) in [5, 5.41) is 11.4. The summed E-state index contributed by atoms with van der Waals surface area (Å²) in [6, 6.07) is 5.24. The molecule has 0 atom stereocenters. The topological polar surface area (TPSA) is 51.0 Å². The quantitative estimate of drug-likeness (QED) is 0.866. The maximum Gasteiger partial charge on any atom is 0.320 e. The van der Waals surface area contributed by atoms with Crippen molar-refractivity contribution in [2.24, 2.45) is 0 Å². The molecule has 0 fully saturated rings. The largest absolute Gasteiger partial charge is 0.407 e. The van der Waals surface area contributed by atoms with E-state index in [1.165, 1.54) is 0 Å². The van der Waals surface area contributed by atoms with Crippen molar-refractivity contribution in [1.82, 2.24) is 10.2 Å². The number of anilines is 2. The van der Waals surface area contributed by atoms with Crippen LogP contribution in [0.25, 0.3) is 0 Å². The molecule has 0 radical (unpaired) electrons. The zero-order valence-corrected chi connectivity index (χ0v) is 10.1. The molecule has 1 N–H and O–H groups in total. The molecule has 16 heavy (non-hydrogen) atoms. The first-order valence-electron chi connectivity index (χ1n) is 4.29. The smallest absolute Gasteiger partial charge is 0.320 e. The van der Waals surface area contributed by atoms with Gasteiger partial charge in [0.05, 0.1) is 10.7 Å². The lowest BCUT2D eigenvalue weighted by Crippen LogP contribution is -1.91. The van der Waals surface area contributed by atoms with E-state index in [-0.39, 0.29) is 11.9 Å². The highest BCUT2D eigenvalue weighted by Crippen LogP contribution is 2.27. The first kappa shape index (κ1) is 11.5. The van der Waals surface area contributed by atoms with Crippen molar-refractivity contribution >= 4 is 46.5 Å². The fourth-order valence-electron chi connectivity index (χ4n) is 1.07. The van der Waals surface area contributed by atoms with Gasteiger partial charge in [-0.05, 0) is 18.2 Å². The molecule has 0 saturated carbocycles. The van der Waals surface area contributed by atoms with Crippen LogP contribution in [0.1, 0.15) is 5.89 Å². The van der Waals surface area contributed by atoms with E-state index < -0.39 is 0 Å². The first-order valence-corrected chi connectivity index (χ1v) is 5.58. The monoisotopic (exact) mass is 277 g/mol. The van der Waals surface area contributed by atoms with Crippen molar-refractivity contribution < 1.29 is 4.42 Å². The molecule has 0 aliphatic carbocycles. The number of alkyl halides is 1. The van der Waals surface area contributed by atoms with Crippen LogP contribution < -0.4 is 5.32 Å². The molecular weight excluding hydrogens is 272 g/mol. The van der Waals surface area contributed by atoms with Gasteiger partial charge in [0.25, 0.3) is 0 Å². The van der Waals surface area contributed by atoms with Crippen LogP contribution in [0.3, 0.4) is 0 Å². The number of nitrogens with one attached hydrogen (secondary N) is 1. The average molecular weight is 279 g/mol. The van der Waals surface area contributed by atoms with E-state index in [1.54, 1.807) is 18.2 Å². The van der Waals surface area contributed by atoms with Crippen LogP contribution in [0.2, 0.25) is 10.0 Å². The summed E-state index contributed by atoms with van der Waals surface area (Å²) in [4.78, 5) is 0. The summed E-state index contributed by atoms with van der Waals surface area (Å²) in [5.41, 5.74) is 0.596. The lowest BCUT2D eigenvalue weighted by atomic mass is 10.3. The van der Waals surface area contributed by atoms with Crippen molar-refractivity contribution in [2.75, 3.05) is 5.32 Å². The molecule has 0 aliphatic rings. The predicted octanol–water partition coefficient (Wildman–Crippen LogP) is 3.86. The van der Waals surface area contributed by atoms with Gasteiger partial charge >= 0.3 is 6.01 Å². The van der Waals surface area contributed by atoms with E-state index in [2.05, 4.69) is 15.5 Å². The van der Waals surface area contributed by atoms with Gasteiger partial charge in [-0.15, -0.1) is 16.7 Å². The van der Waals surface area contributed by atoms with Gasteiger partial charge in [-0.3, -0.25) is 0 Å². The highest BCUT2D eigenvalue weighted by atomic mass is 35.5. The fourth-order valence-corrected chi connectivity index (χ4v) is 1.51. The highest BCUT2D eigenvalue weighted by Gasteiger charge is 2.07. The molecule has 1 aromatic heterocycles. The Labute approximate surface area is 107 Å². The predicted molar refractivity (Wildman–Crippen MR) is 63.6 cm³/mol. The van der Waals surface area contributed by atoms with Gasteiger partial charge in [0, 0.05) is 5.02 Å². The van der Waals surface area contributed by atoms with Crippen molar-refractivity contribution in [1.29, 1.82) is 0 Å². The third-order valence-electron chi connectivity index (χ3n) is 1.75. The molecule has 0 unspecified atom stereocenters. The van der Waals surface area contributed by atoms with Gasteiger partial charge < -0.3 is 9.73 Å². The molecular formula is C9H6Cl3N3O. The van der Waals surface area contributed by atoms with Crippen LogP contribution in [-0.2, 0) is 5.88 Å². The third kappa shape index (κ3) is 2.58. The molecule has 7 heteroatoms. The molecule has 0 spiro atoms. The number of hydrogen-bond acceptors (Lipinski definition) is 4. The van der Waals surface area contributed by atoms with Crippen LogP contribution >= 0.6 is 34.8 Å². The summed E-state index contributed by atoms with van der Waals surface area (Å²) < 4.78 is 5.16. The van der Waals surface area contributed by atoms with Gasteiger partial charge in [0.2, 0.25) is 5.89 Å². The maximum atomic E-state index is 5.95. The lowest BCUT2D eigenvalue weighted by Gasteiger charge is -2.03. The van der Waals surface area contributed by atoms with Crippen molar-refractivity contribution in [2.45, 2.75) is 5.88 Å². The Bertz CT molecular complexity index is 500. The first-order chi connectivity index (χ1) is 7.69. The van der Waals surface area contributed by atoms with Gasteiger partial charge in [-0.1, -0.05) is 28.3 Å². The van der Waals surface area contributed by atoms with Crippen molar-refractivity contribution in [3.63, 3.8) is 0 Å². The van der Waals surface area contributed by atoms with Gasteiger partial charge in [0.1, 0.15) is 5.88 Å². The third-order valence-corrected chi connectivity index (χ3v) is 2.54. The summed E-state index contributed by atoms with van der Waals surface area (Å²) in [7, 11) is 0. The van der Waals surface area contributed by atoms with E-state index in [0.717, 1.165) is 0 Å². The minimum absolute atomic E-state index is 0.165. The maximum absolute atomic E-state index is 5.95. The van der Waals surface area contributed by atoms with Gasteiger partial charge in [-0.2, -0.15) is 0 Å². The summed E-state index contributed by atoms with van der Waals surface area (Å²) in [5.74, 6) is 0.500. The Kier molecular flexibility index (Phi) is 3.53. The number of benzene rings is 1. The normalized spacial score (nSPS) is 10.4. The molecule has 0 saturated heterocycles. The summed E-state index contributed by atoms with van der Waals surface area (Å²) in [6.07, 6.45) is 0. The molecule has 0 aliphatic heterocycles. The standard InChI is InChI=1S/C9H6Cl3N3O/c10-4-8-14-15-9(16-8)13-7-3-5(11)1-2-6(7)12/h1-3H,4H2,(H,13,15). The van der Waals surface area contributed by atoms with Crippen LogP contribution in [-0.4, -0.2) is 10.2 Å². The molecule has 2 aromatic rings. The Morgan fingerprint density at radius 3 is 2.75 bits per heavy atom. The zero-order valence-electron chi connectivity index (χ0n) is 7.88. The Hall–Kier alpha value is -0.970. The number of rotatable bonds is 3. The fraction of sp³-hybridized carbons (Fsp3) is 0.111. The van der Waals surface area contributed by atoms with E-state index in [1.807, 2.05) is 0 Å². The van der Waals surface area contributed by atoms with Crippen molar-refractivity contribution in [3.8, 4) is 0 Å². The van der Waals surface area contributed by atoms with E-state index in [4.69, 9.17) is 39.2 Å². The van der Waals surface area contributed by atoms with Crippen LogP contribution in [0, 0.1) is 0 Å². The minimum Gasteiger partial charge on any atom is -0.407 e. The number of nitrogens with zero attached hydrogens (tertiary/aromatic N) is 2. The lowest BCUT2D eigenvalue weighted by molar-refractivity contribution is 0.530. The zero-order chi connectivity index (χ0) is 11.5. The molecule has 84 valence electrons. The van der Waals surface area contributed by atoms with E-state index in [0.29, 0.717) is 21.6 Å². The Balaban J connectivity index is 2.22. The Morgan fingerprint density at radius 1 is 1.25 bits per heavy atom. The molecule has 1 aromatic carbocycles. The second-order valence-electron chi connectivity index (χ2n) is 2.88. The second-order valence-corrected chi connectivity index (χ2v) is 3.99. The Morgan fingerprint density at radius 2 is 2.06 bits per heavy atom. The molecule has 2 rings (SSSR count). The number of aromatic nitrogens is 2. The average Bonchev–Trinajstić information content (AvgIpc) is 2.71. The second kappa shape index (κ2) is 4.91. The number of halogens is 3. The molecule has 0 amide bonds. The summed E-state index contributed by atoms with van der Waals surface area (Å²) in [6.45, 7) is 0. The van der Waals surface area contributed by atoms with E-state index >= 15 is 0 Å². The van der Waals surface area contributed by atoms with Gasteiger partial charge in [0.15, 0.2) is 0 Å².